The molecule has 2 N–H and O–H groups in total. The van der Waals surface area contributed by atoms with Gasteiger partial charge in [0.1, 0.15) is 0 Å². The topological polar surface area (TPSA) is 46.3 Å². The highest BCUT2D eigenvalue weighted by molar-refractivity contribution is 8.00. The van der Waals surface area contributed by atoms with Gasteiger partial charge < -0.3 is 10.6 Å². The van der Waals surface area contributed by atoms with Crippen LogP contribution in [0.15, 0.2) is 0 Å². The highest BCUT2D eigenvalue weighted by Crippen LogP contribution is 2.32. The van der Waals surface area contributed by atoms with E-state index in [0.29, 0.717) is 0 Å². The van der Waals surface area contributed by atoms with Crippen LogP contribution in [0.2, 0.25) is 0 Å². The standard InChI is InChI=1S/C12H24N2OS/c1-4-12(5-2,16-3)9-14-8-6-7-10(13)11(14)15/h10H,4-9,13H2,1-3H3. The Hall–Kier alpha value is -0.220. The van der Waals surface area contributed by atoms with Crippen LogP contribution in [-0.4, -0.2) is 40.9 Å². The summed E-state index contributed by atoms with van der Waals surface area (Å²) >= 11 is 1.88. The Morgan fingerprint density at radius 1 is 1.50 bits per heavy atom. The van der Waals surface area contributed by atoms with Crippen LogP contribution in [0.4, 0.5) is 0 Å². The molecule has 1 aliphatic rings. The first-order valence-corrected chi connectivity index (χ1v) is 7.40. The molecule has 1 atom stereocenters. The smallest absolute Gasteiger partial charge is 0.239 e. The van der Waals surface area contributed by atoms with Gasteiger partial charge in [-0.3, -0.25) is 4.79 Å². The van der Waals surface area contributed by atoms with Crippen molar-refractivity contribution >= 4 is 17.7 Å². The normalized spacial score (nSPS) is 22.6. The first-order valence-electron chi connectivity index (χ1n) is 6.18. The summed E-state index contributed by atoms with van der Waals surface area (Å²) in [5.41, 5.74) is 5.81. The lowest BCUT2D eigenvalue weighted by atomic mass is 9.98. The Kier molecular flexibility index (Phi) is 5.12. The van der Waals surface area contributed by atoms with Gasteiger partial charge in [-0.05, 0) is 31.9 Å². The third kappa shape index (κ3) is 2.92. The molecule has 0 spiro atoms. The summed E-state index contributed by atoms with van der Waals surface area (Å²) in [6.07, 6.45) is 6.24. The number of nitrogens with zero attached hydrogens (tertiary/aromatic N) is 1. The molecule has 16 heavy (non-hydrogen) atoms. The minimum absolute atomic E-state index is 0.145. The van der Waals surface area contributed by atoms with Gasteiger partial charge in [0.15, 0.2) is 0 Å². The van der Waals surface area contributed by atoms with Crippen molar-refractivity contribution in [2.45, 2.75) is 50.3 Å². The quantitative estimate of drug-likeness (QED) is 0.803. The average Bonchev–Trinajstić information content (AvgIpc) is 2.32. The molecule has 0 aromatic heterocycles. The largest absolute Gasteiger partial charge is 0.340 e. The van der Waals surface area contributed by atoms with Gasteiger partial charge >= 0.3 is 0 Å². The van der Waals surface area contributed by atoms with Gasteiger partial charge in [0.25, 0.3) is 0 Å². The molecular weight excluding hydrogens is 220 g/mol. The Morgan fingerprint density at radius 3 is 2.62 bits per heavy atom. The molecule has 0 aliphatic carbocycles. The minimum atomic E-state index is -0.262. The number of carbonyl (C=O) groups is 1. The molecule has 1 aliphatic heterocycles. The van der Waals surface area contributed by atoms with Crippen LogP contribution in [-0.2, 0) is 4.79 Å². The number of piperidine rings is 1. The van der Waals surface area contributed by atoms with Gasteiger partial charge in [-0.1, -0.05) is 13.8 Å². The van der Waals surface area contributed by atoms with Gasteiger partial charge in [-0.15, -0.1) is 0 Å². The second-order valence-corrected chi connectivity index (χ2v) is 5.88. The molecule has 0 bridgehead atoms. The van der Waals surface area contributed by atoms with Crippen molar-refractivity contribution in [1.29, 1.82) is 0 Å². The van der Waals surface area contributed by atoms with E-state index >= 15 is 0 Å². The lowest BCUT2D eigenvalue weighted by Crippen LogP contribution is -2.52. The van der Waals surface area contributed by atoms with E-state index in [-0.39, 0.29) is 16.7 Å². The monoisotopic (exact) mass is 244 g/mol. The minimum Gasteiger partial charge on any atom is -0.340 e. The SMILES string of the molecule is CCC(CC)(CN1CCCC(N)C1=O)SC. The average molecular weight is 244 g/mol. The molecule has 1 fully saturated rings. The third-order valence-corrected chi connectivity index (χ3v) is 5.35. The number of hydrogen-bond donors (Lipinski definition) is 1. The summed E-state index contributed by atoms with van der Waals surface area (Å²) < 4.78 is 0.215. The molecule has 0 saturated carbocycles. The van der Waals surface area contributed by atoms with E-state index in [0.717, 1.165) is 38.8 Å². The molecule has 94 valence electrons. The van der Waals surface area contributed by atoms with Crippen molar-refractivity contribution in [2.75, 3.05) is 19.3 Å². The Balaban J connectivity index is 2.67. The Labute approximate surface area is 103 Å². The molecule has 0 aromatic rings. The zero-order chi connectivity index (χ0) is 12.2. The number of thioether (sulfide) groups is 1. The van der Waals surface area contributed by atoms with Gasteiger partial charge in [-0.2, -0.15) is 11.8 Å². The van der Waals surface area contributed by atoms with Gasteiger partial charge in [0, 0.05) is 17.8 Å². The molecule has 1 saturated heterocycles. The van der Waals surface area contributed by atoms with Crippen molar-refractivity contribution in [3.63, 3.8) is 0 Å². The first kappa shape index (κ1) is 13.8. The van der Waals surface area contributed by atoms with E-state index in [9.17, 15) is 4.79 Å². The molecule has 1 rings (SSSR count). The molecule has 4 heteroatoms. The highest BCUT2D eigenvalue weighted by Gasteiger charge is 2.33. The summed E-state index contributed by atoms with van der Waals surface area (Å²) in [6, 6.07) is -0.262. The van der Waals surface area contributed by atoms with Crippen LogP contribution in [0, 0.1) is 0 Å². The molecular formula is C12H24N2OS. The zero-order valence-corrected chi connectivity index (χ0v) is 11.5. The second kappa shape index (κ2) is 5.92. The van der Waals surface area contributed by atoms with Crippen LogP contribution in [0.1, 0.15) is 39.5 Å². The van der Waals surface area contributed by atoms with E-state index in [4.69, 9.17) is 5.73 Å². The summed E-state index contributed by atoms with van der Waals surface area (Å²) in [5, 5.41) is 0. The molecule has 1 heterocycles. The summed E-state index contributed by atoms with van der Waals surface area (Å²) in [6.45, 7) is 6.14. The fraction of sp³-hybridized carbons (Fsp3) is 0.917. The van der Waals surface area contributed by atoms with Crippen molar-refractivity contribution in [1.82, 2.24) is 4.90 Å². The predicted octanol–water partition coefficient (Wildman–Crippen LogP) is 1.86. The first-order chi connectivity index (χ1) is 7.58. The number of likely N-dealkylation sites (tertiary alicyclic amines) is 1. The van der Waals surface area contributed by atoms with E-state index in [2.05, 4.69) is 20.1 Å². The van der Waals surface area contributed by atoms with Crippen LogP contribution < -0.4 is 5.73 Å². The fourth-order valence-corrected chi connectivity index (χ4v) is 3.16. The van der Waals surface area contributed by atoms with Crippen LogP contribution in [0.5, 0.6) is 0 Å². The van der Waals surface area contributed by atoms with Crippen LogP contribution in [0.3, 0.4) is 0 Å². The Morgan fingerprint density at radius 2 is 2.12 bits per heavy atom. The fourth-order valence-electron chi connectivity index (χ4n) is 2.30. The van der Waals surface area contributed by atoms with Gasteiger partial charge in [0.2, 0.25) is 5.91 Å². The maximum Gasteiger partial charge on any atom is 0.239 e. The number of nitrogens with two attached hydrogens (primary N) is 1. The van der Waals surface area contributed by atoms with Crippen molar-refractivity contribution < 1.29 is 4.79 Å². The molecule has 0 radical (unpaired) electrons. The van der Waals surface area contributed by atoms with Gasteiger partial charge in [0.05, 0.1) is 6.04 Å². The van der Waals surface area contributed by atoms with E-state index in [1.807, 2.05) is 16.7 Å². The van der Waals surface area contributed by atoms with E-state index in [1.54, 1.807) is 0 Å². The molecule has 1 amide bonds. The maximum absolute atomic E-state index is 11.9. The van der Waals surface area contributed by atoms with E-state index < -0.39 is 0 Å². The van der Waals surface area contributed by atoms with Crippen LogP contribution in [0.25, 0.3) is 0 Å². The zero-order valence-electron chi connectivity index (χ0n) is 10.7. The lowest BCUT2D eigenvalue weighted by Gasteiger charge is -2.39. The maximum atomic E-state index is 11.9. The highest BCUT2D eigenvalue weighted by atomic mass is 32.2. The predicted molar refractivity (Wildman–Crippen MR) is 70.6 cm³/mol. The molecule has 3 nitrogen and oxygen atoms in total. The third-order valence-electron chi connectivity index (χ3n) is 3.77. The molecule has 1 unspecified atom stereocenters. The van der Waals surface area contributed by atoms with Crippen molar-refractivity contribution in [3.8, 4) is 0 Å². The summed E-state index contributed by atoms with van der Waals surface area (Å²) in [5.74, 6) is 0.145. The molecule has 0 aromatic carbocycles. The number of rotatable bonds is 5. The Bertz CT molecular complexity index is 233. The van der Waals surface area contributed by atoms with E-state index in [1.165, 1.54) is 0 Å². The number of amides is 1. The number of hydrogen-bond acceptors (Lipinski definition) is 3. The second-order valence-electron chi connectivity index (χ2n) is 4.60. The van der Waals surface area contributed by atoms with Crippen LogP contribution >= 0.6 is 11.8 Å². The van der Waals surface area contributed by atoms with Gasteiger partial charge in [-0.25, -0.2) is 0 Å². The van der Waals surface area contributed by atoms with Crippen molar-refractivity contribution in [3.05, 3.63) is 0 Å². The lowest BCUT2D eigenvalue weighted by molar-refractivity contribution is -0.135. The summed E-state index contributed by atoms with van der Waals surface area (Å²) in [4.78, 5) is 13.9. The van der Waals surface area contributed by atoms with Crippen molar-refractivity contribution in [2.24, 2.45) is 5.73 Å². The summed E-state index contributed by atoms with van der Waals surface area (Å²) in [7, 11) is 0. The number of carbonyl (C=O) groups excluding carboxylic acids is 1.